The zero-order valence-corrected chi connectivity index (χ0v) is 10.2. The molecule has 15 heavy (non-hydrogen) atoms. The van der Waals surface area contributed by atoms with E-state index in [1.807, 2.05) is 0 Å². The molecule has 2 aliphatic heterocycles. The third-order valence-corrected chi connectivity index (χ3v) is 3.99. The average Bonchev–Trinajstić information content (AvgIpc) is 2.55. The summed E-state index contributed by atoms with van der Waals surface area (Å²) >= 11 is 0. The maximum absolute atomic E-state index is 3.50. The van der Waals surface area contributed by atoms with Gasteiger partial charge in [0, 0.05) is 25.2 Å². The predicted molar refractivity (Wildman–Crippen MR) is 64.2 cm³/mol. The number of hydrogen-bond donors (Lipinski definition) is 1. The summed E-state index contributed by atoms with van der Waals surface area (Å²) in [5.74, 6) is 0. The van der Waals surface area contributed by atoms with E-state index < -0.39 is 0 Å². The molecule has 0 aromatic heterocycles. The van der Waals surface area contributed by atoms with Crippen LogP contribution in [0, 0.1) is 0 Å². The third-order valence-electron chi connectivity index (χ3n) is 3.99. The van der Waals surface area contributed by atoms with Crippen LogP contribution < -0.4 is 5.32 Å². The molecular formula is C12H25N3. The van der Waals surface area contributed by atoms with Crippen molar-refractivity contribution in [2.75, 3.05) is 40.3 Å². The van der Waals surface area contributed by atoms with E-state index >= 15 is 0 Å². The standard InChI is InChI=1S/C12H25N3/c1-14(2)12-6-9-15(10-12)11-4-3-7-13-8-5-11/h11-13H,3-10H2,1-2H3. The van der Waals surface area contributed by atoms with Crippen LogP contribution in [0.15, 0.2) is 0 Å². The SMILES string of the molecule is CN(C)C1CCN(C2CCCNCC2)C1. The van der Waals surface area contributed by atoms with Crippen molar-refractivity contribution in [3.63, 3.8) is 0 Å². The molecular weight excluding hydrogens is 186 g/mol. The number of rotatable bonds is 2. The highest BCUT2D eigenvalue weighted by Crippen LogP contribution is 2.21. The van der Waals surface area contributed by atoms with E-state index in [0.717, 1.165) is 12.1 Å². The smallest absolute Gasteiger partial charge is 0.0229 e. The van der Waals surface area contributed by atoms with Gasteiger partial charge in [0.15, 0.2) is 0 Å². The summed E-state index contributed by atoms with van der Waals surface area (Å²) in [5.41, 5.74) is 0. The number of likely N-dealkylation sites (tertiary alicyclic amines) is 1. The second kappa shape index (κ2) is 5.28. The molecule has 0 amide bonds. The second-order valence-electron chi connectivity index (χ2n) is 5.24. The van der Waals surface area contributed by atoms with Crippen molar-refractivity contribution in [3.05, 3.63) is 0 Å². The molecule has 0 aromatic rings. The zero-order valence-electron chi connectivity index (χ0n) is 10.2. The minimum absolute atomic E-state index is 0.793. The van der Waals surface area contributed by atoms with Gasteiger partial charge in [0.25, 0.3) is 0 Å². The van der Waals surface area contributed by atoms with Gasteiger partial charge >= 0.3 is 0 Å². The third kappa shape index (κ3) is 2.92. The lowest BCUT2D eigenvalue weighted by atomic mass is 10.1. The van der Waals surface area contributed by atoms with Gasteiger partial charge in [0.05, 0.1) is 0 Å². The van der Waals surface area contributed by atoms with Crippen LogP contribution in [0.5, 0.6) is 0 Å². The fourth-order valence-electron chi connectivity index (χ4n) is 2.89. The van der Waals surface area contributed by atoms with E-state index in [0.29, 0.717) is 0 Å². The average molecular weight is 211 g/mol. The quantitative estimate of drug-likeness (QED) is 0.728. The van der Waals surface area contributed by atoms with Gasteiger partial charge in [-0.15, -0.1) is 0 Å². The van der Waals surface area contributed by atoms with E-state index in [-0.39, 0.29) is 0 Å². The molecule has 0 saturated carbocycles. The lowest BCUT2D eigenvalue weighted by Crippen LogP contribution is -2.37. The second-order valence-corrected chi connectivity index (χ2v) is 5.24. The number of nitrogens with zero attached hydrogens (tertiary/aromatic N) is 2. The van der Waals surface area contributed by atoms with Crippen molar-refractivity contribution >= 4 is 0 Å². The lowest BCUT2D eigenvalue weighted by molar-refractivity contribution is 0.202. The maximum Gasteiger partial charge on any atom is 0.0229 e. The van der Waals surface area contributed by atoms with Gasteiger partial charge in [-0.05, 0) is 52.9 Å². The normalized spacial score (nSPS) is 34.6. The highest BCUT2D eigenvalue weighted by Gasteiger charge is 2.29. The molecule has 0 bridgehead atoms. The van der Waals surface area contributed by atoms with E-state index in [1.54, 1.807) is 0 Å². The summed E-state index contributed by atoms with van der Waals surface area (Å²) in [5, 5.41) is 3.50. The molecule has 0 aromatic carbocycles. The molecule has 1 N–H and O–H groups in total. The van der Waals surface area contributed by atoms with E-state index in [9.17, 15) is 0 Å². The Hall–Kier alpha value is -0.120. The molecule has 0 spiro atoms. The minimum Gasteiger partial charge on any atom is -0.317 e. The van der Waals surface area contributed by atoms with E-state index in [1.165, 1.54) is 51.9 Å². The Morgan fingerprint density at radius 2 is 2.00 bits per heavy atom. The van der Waals surface area contributed by atoms with Crippen molar-refractivity contribution in [1.29, 1.82) is 0 Å². The van der Waals surface area contributed by atoms with Gasteiger partial charge in [-0.25, -0.2) is 0 Å². The van der Waals surface area contributed by atoms with Gasteiger partial charge < -0.3 is 10.2 Å². The Balaban J connectivity index is 1.83. The molecule has 2 heterocycles. The molecule has 2 aliphatic rings. The summed E-state index contributed by atoms with van der Waals surface area (Å²) in [6, 6.07) is 1.64. The summed E-state index contributed by atoms with van der Waals surface area (Å²) in [4.78, 5) is 5.10. The van der Waals surface area contributed by atoms with Gasteiger partial charge in [0.2, 0.25) is 0 Å². The first kappa shape index (κ1) is 11.4. The van der Waals surface area contributed by atoms with Gasteiger partial charge in [0.1, 0.15) is 0 Å². The fraction of sp³-hybridized carbons (Fsp3) is 1.00. The largest absolute Gasteiger partial charge is 0.317 e. The Labute approximate surface area is 93.8 Å². The summed E-state index contributed by atoms with van der Waals surface area (Å²) in [7, 11) is 4.42. The molecule has 3 heteroatoms. The van der Waals surface area contributed by atoms with Crippen LogP contribution in [-0.2, 0) is 0 Å². The number of hydrogen-bond acceptors (Lipinski definition) is 3. The Kier molecular flexibility index (Phi) is 4.00. The Morgan fingerprint density at radius 1 is 1.13 bits per heavy atom. The first-order chi connectivity index (χ1) is 7.27. The van der Waals surface area contributed by atoms with Crippen LogP contribution in [-0.4, -0.2) is 62.2 Å². The zero-order chi connectivity index (χ0) is 10.7. The first-order valence-corrected chi connectivity index (χ1v) is 6.38. The van der Waals surface area contributed by atoms with Crippen LogP contribution in [0.25, 0.3) is 0 Å². The monoisotopic (exact) mass is 211 g/mol. The lowest BCUT2D eigenvalue weighted by Gasteiger charge is -2.27. The summed E-state index contributed by atoms with van der Waals surface area (Å²) in [6.45, 7) is 5.04. The molecule has 3 nitrogen and oxygen atoms in total. The summed E-state index contributed by atoms with van der Waals surface area (Å²) in [6.07, 6.45) is 5.46. The van der Waals surface area contributed by atoms with Crippen molar-refractivity contribution < 1.29 is 0 Å². The fourth-order valence-corrected chi connectivity index (χ4v) is 2.89. The van der Waals surface area contributed by atoms with E-state index in [4.69, 9.17) is 0 Å². The van der Waals surface area contributed by atoms with E-state index in [2.05, 4.69) is 29.2 Å². The first-order valence-electron chi connectivity index (χ1n) is 6.38. The predicted octanol–water partition coefficient (Wildman–Crippen LogP) is 0.764. The topological polar surface area (TPSA) is 18.5 Å². The molecule has 2 rings (SSSR count). The molecule has 2 unspecified atom stereocenters. The highest BCUT2D eigenvalue weighted by atomic mass is 15.2. The van der Waals surface area contributed by atoms with Crippen molar-refractivity contribution in [3.8, 4) is 0 Å². The number of nitrogens with one attached hydrogen (secondary N) is 1. The van der Waals surface area contributed by atoms with Gasteiger partial charge in [-0.1, -0.05) is 0 Å². The molecule has 2 fully saturated rings. The number of likely N-dealkylation sites (N-methyl/N-ethyl adjacent to an activating group) is 1. The minimum atomic E-state index is 0.793. The molecule has 0 radical (unpaired) electrons. The molecule has 2 saturated heterocycles. The van der Waals surface area contributed by atoms with Crippen molar-refractivity contribution in [2.45, 2.75) is 37.8 Å². The van der Waals surface area contributed by atoms with Crippen LogP contribution in [0.2, 0.25) is 0 Å². The van der Waals surface area contributed by atoms with Crippen LogP contribution in [0.1, 0.15) is 25.7 Å². The Bertz CT molecular complexity index is 185. The van der Waals surface area contributed by atoms with Crippen LogP contribution in [0.4, 0.5) is 0 Å². The molecule has 88 valence electrons. The van der Waals surface area contributed by atoms with Crippen LogP contribution >= 0.6 is 0 Å². The maximum atomic E-state index is 3.50. The molecule has 2 atom stereocenters. The van der Waals surface area contributed by atoms with Crippen molar-refractivity contribution in [1.82, 2.24) is 15.1 Å². The van der Waals surface area contributed by atoms with Gasteiger partial charge in [-0.3, -0.25) is 4.90 Å². The van der Waals surface area contributed by atoms with Crippen LogP contribution in [0.3, 0.4) is 0 Å². The highest BCUT2D eigenvalue weighted by molar-refractivity contribution is 4.86. The van der Waals surface area contributed by atoms with Crippen molar-refractivity contribution in [2.24, 2.45) is 0 Å². The van der Waals surface area contributed by atoms with Gasteiger partial charge in [-0.2, -0.15) is 0 Å². The molecule has 0 aliphatic carbocycles. The summed E-state index contributed by atoms with van der Waals surface area (Å²) < 4.78 is 0. The Morgan fingerprint density at radius 3 is 2.73 bits per heavy atom.